The molecule has 8 heteroatoms. The van der Waals surface area contributed by atoms with E-state index in [1.54, 1.807) is 0 Å². The normalized spacial score (nSPS) is 41.3. The molecule has 0 amide bonds. The molecule has 3 fully saturated rings. The number of ether oxygens (including phenoxy) is 1. The van der Waals surface area contributed by atoms with E-state index in [1.807, 2.05) is 6.92 Å². The standard InChI is InChI=1S/C14H20F2O5S/c1-7-11(21-13(17)14(15,16)22(18,19)20)5-4-10-8-2-3-9(6-8)12(7)10/h7-12H,2-6H2,1H3,(H,18,19,20). The summed E-state index contributed by atoms with van der Waals surface area (Å²) in [6.07, 6.45) is 4.12. The Morgan fingerprint density at radius 3 is 2.45 bits per heavy atom. The Morgan fingerprint density at radius 2 is 1.82 bits per heavy atom. The summed E-state index contributed by atoms with van der Waals surface area (Å²) in [7, 11) is -5.80. The first-order valence-electron chi connectivity index (χ1n) is 7.69. The lowest BCUT2D eigenvalue weighted by Crippen LogP contribution is -2.46. The van der Waals surface area contributed by atoms with Crippen LogP contribution in [0.2, 0.25) is 0 Å². The molecule has 0 aromatic rings. The van der Waals surface area contributed by atoms with Gasteiger partial charge in [0.15, 0.2) is 0 Å². The van der Waals surface area contributed by atoms with Gasteiger partial charge < -0.3 is 4.74 Å². The third-order valence-electron chi connectivity index (χ3n) is 5.96. The van der Waals surface area contributed by atoms with Crippen molar-refractivity contribution in [3.05, 3.63) is 0 Å². The van der Waals surface area contributed by atoms with Gasteiger partial charge in [-0.25, -0.2) is 4.79 Å². The van der Waals surface area contributed by atoms with Crippen molar-refractivity contribution < 1.29 is 31.3 Å². The quantitative estimate of drug-likeness (QED) is 0.631. The van der Waals surface area contributed by atoms with Crippen LogP contribution in [0.3, 0.4) is 0 Å². The smallest absolute Gasteiger partial charge is 0.457 e. The molecule has 3 aliphatic rings. The highest BCUT2D eigenvalue weighted by Crippen LogP contribution is 2.59. The molecule has 3 aliphatic carbocycles. The van der Waals surface area contributed by atoms with E-state index in [-0.39, 0.29) is 5.92 Å². The van der Waals surface area contributed by atoms with Crippen LogP contribution in [-0.4, -0.2) is 30.3 Å². The van der Waals surface area contributed by atoms with Gasteiger partial charge in [-0.05, 0) is 61.7 Å². The maximum absolute atomic E-state index is 13.3. The fraction of sp³-hybridized carbons (Fsp3) is 0.929. The lowest BCUT2D eigenvalue weighted by molar-refractivity contribution is -0.174. The van der Waals surface area contributed by atoms with Gasteiger partial charge in [0, 0.05) is 0 Å². The molecule has 2 bridgehead atoms. The minimum absolute atomic E-state index is 0.0600. The number of hydrogen-bond donors (Lipinski definition) is 1. The largest absolute Gasteiger partial charge is 0.465 e. The SMILES string of the molecule is CC1C(OC(=O)C(F)(F)S(=O)(=O)O)CCC2C3CCC(C3)C12. The molecule has 3 rings (SSSR count). The van der Waals surface area contributed by atoms with E-state index in [0.29, 0.717) is 30.1 Å². The van der Waals surface area contributed by atoms with Crippen LogP contribution in [0.4, 0.5) is 8.78 Å². The number of esters is 1. The van der Waals surface area contributed by atoms with Crippen molar-refractivity contribution >= 4 is 16.1 Å². The molecule has 22 heavy (non-hydrogen) atoms. The second-order valence-electron chi connectivity index (χ2n) is 6.95. The number of hydrogen-bond acceptors (Lipinski definition) is 4. The van der Waals surface area contributed by atoms with Crippen LogP contribution in [0.15, 0.2) is 0 Å². The van der Waals surface area contributed by atoms with Crippen molar-refractivity contribution in [2.75, 3.05) is 0 Å². The molecule has 1 N–H and O–H groups in total. The average Bonchev–Trinajstić information content (AvgIpc) is 3.01. The van der Waals surface area contributed by atoms with Crippen molar-refractivity contribution in [1.29, 1.82) is 0 Å². The summed E-state index contributed by atoms with van der Waals surface area (Å²) in [6, 6.07) is 0. The Balaban J connectivity index is 1.71. The number of halogens is 2. The molecule has 5 nitrogen and oxygen atoms in total. The first kappa shape index (κ1) is 16.1. The lowest BCUT2D eigenvalue weighted by Gasteiger charge is -2.43. The third kappa shape index (κ3) is 2.35. The fourth-order valence-electron chi connectivity index (χ4n) is 5.05. The van der Waals surface area contributed by atoms with Gasteiger partial charge in [-0.3, -0.25) is 4.55 Å². The first-order valence-corrected chi connectivity index (χ1v) is 9.13. The van der Waals surface area contributed by atoms with Gasteiger partial charge in [0.25, 0.3) is 0 Å². The van der Waals surface area contributed by atoms with Crippen LogP contribution in [0.1, 0.15) is 39.0 Å². The maximum atomic E-state index is 13.3. The molecule has 126 valence electrons. The minimum Gasteiger partial charge on any atom is -0.457 e. The molecule has 0 aromatic carbocycles. The molecule has 0 aromatic heterocycles. The Labute approximate surface area is 128 Å². The summed E-state index contributed by atoms with van der Waals surface area (Å²) in [5, 5.41) is -4.90. The summed E-state index contributed by atoms with van der Waals surface area (Å²) in [4.78, 5) is 11.5. The molecular formula is C14H20F2O5S. The summed E-state index contributed by atoms with van der Waals surface area (Å²) < 4.78 is 61.1. The highest BCUT2D eigenvalue weighted by Gasteiger charge is 2.57. The zero-order valence-electron chi connectivity index (χ0n) is 12.2. The summed E-state index contributed by atoms with van der Waals surface area (Å²) >= 11 is 0. The molecule has 0 aliphatic heterocycles. The molecule has 6 unspecified atom stereocenters. The first-order chi connectivity index (χ1) is 10.1. The molecular weight excluding hydrogens is 318 g/mol. The number of alkyl halides is 2. The van der Waals surface area contributed by atoms with Crippen LogP contribution in [0.5, 0.6) is 0 Å². The minimum atomic E-state index is -5.80. The van der Waals surface area contributed by atoms with Gasteiger partial charge >= 0.3 is 21.3 Å². The van der Waals surface area contributed by atoms with Gasteiger partial charge in [-0.15, -0.1) is 0 Å². The van der Waals surface area contributed by atoms with Crippen LogP contribution in [0.25, 0.3) is 0 Å². The van der Waals surface area contributed by atoms with Gasteiger partial charge in [-0.1, -0.05) is 6.92 Å². The monoisotopic (exact) mass is 338 g/mol. The Kier molecular flexibility index (Phi) is 3.75. The van der Waals surface area contributed by atoms with E-state index in [0.717, 1.165) is 12.8 Å². The van der Waals surface area contributed by atoms with E-state index < -0.39 is 27.4 Å². The molecule has 6 atom stereocenters. The van der Waals surface area contributed by atoms with E-state index in [9.17, 15) is 22.0 Å². The second-order valence-corrected chi connectivity index (χ2v) is 8.41. The molecule has 0 radical (unpaired) electrons. The maximum Gasteiger partial charge on any atom is 0.465 e. The van der Waals surface area contributed by atoms with Crippen LogP contribution in [-0.2, 0) is 19.6 Å². The molecule has 3 saturated carbocycles. The van der Waals surface area contributed by atoms with Crippen LogP contribution < -0.4 is 0 Å². The molecule has 0 saturated heterocycles. The molecule has 0 spiro atoms. The number of carbonyl (C=O) groups excluding carboxylic acids is 1. The van der Waals surface area contributed by atoms with Crippen molar-refractivity contribution in [3.63, 3.8) is 0 Å². The summed E-state index contributed by atoms with van der Waals surface area (Å²) in [5.74, 6) is -0.0268. The van der Waals surface area contributed by atoms with Gasteiger partial charge in [0.1, 0.15) is 6.10 Å². The number of carbonyl (C=O) groups is 1. The fourth-order valence-corrected chi connectivity index (χ4v) is 5.31. The second kappa shape index (κ2) is 5.12. The number of fused-ring (bicyclic) bond motifs is 5. The van der Waals surface area contributed by atoms with Crippen molar-refractivity contribution in [2.24, 2.45) is 29.6 Å². The summed E-state index contributed by atoms with van der Waals surface area (Å²) in [6.45, 7) is 1.89. The third-order valence-corrected chi connectivity index (χ3v) is 6.77. The van der Waals surface area contributed by atoms with E-state index >= 15 is 0 Å². The van der Waals surface area contributed by atoms with Crippen molar-refractivity contribution in [3.8, 4) is 0 Å². The topological polar surface area (TPSA) is 80.7 Å². The predicted octanol–water partition coefficient (Wildman–Crippen LogP) is 2.47. The summed E-state index contributed by atoms with van der Waals surface area (Å²) in [5.41, 5.74) is 0. The van der Waals surface area contributed by atoms with Crippen LogP contribution >= 0.6 is 0 Å². The van der Waals surface area contributed by atoms with Gasteiger partial charge in [0.05, 0.1) is 0 Å². The average molecular weight is 338 g/mol. The van der Waals surface area contributed by atoms with E-state index in [1.165, 1.54) is 12.8 Å². The van der Waals surface area contributed by atoms with E-state index in [2.05, 4.69) is 0 Å². The van der Waals surface area contributed by atoms with Gasteiger partial charge in [0.2, 0.25) is 0 Å². The Morgan fingerprint density at radius 1 is 1.18 bits per heavy atom. The Bertz CT molecular complexity index is 576. The van der Waals surface area contributed by atoms with Crippen LogP contribution in [0, 0.1) is 29.6 Å². The lowest BCUT2D eigenvalue weighted by atomic mass is 9.65. The zero-order valence-corrected chi connectivity index (χ0v) is 13.1. The molecule has 0 heterocycles. The highest BCUT2D eigenvalue weighted by molar-refractivity contribution is 7.87. The van der Waals surface area contributed by atoms with Gasteiger partial charge in [-0.2, -0.15) is 17.2 Å². The Hall–Kier alpha value is -0.760. The zero-order chi connectivity index (χ0) is 16.3. The predicted molar refractivity (Wildman–Crippen MR) is 72.6 cm³/mol. The van der Waals surface area contributed by atoms with Crippen molar-refractivity contribution in [1.82, 2.24) is 0 Å². The van der Waals surface area contributed by atoms with E-state index in [4.69, 9.17) is 9.29 Å². The highest BCUT2D eigenvalue weighted by atomic mass is 32.2. The van der Waals surface area contributed by atoms with Crippen molar-refractivity contribution in [2.45, 2.75) is 50.4 Å². The number of rotatable bonds is 3.